The number of anilines is 1. The number of methoxy groups -OCH3 is 1. The van der Waals surface area contributed by atoms with E-state index in [9.17, 15) is 9.59 Å². The fraction of sp³-hybridized carbons (Fsp3) is 0.400. The molecule has 0 aromatic heterocycles. The highest BCUT2D eigenvalue weighted by atomic mass is 79.9. The van der Waals surface area contributed by atoms with E-state index in [0.717, 1.165) is 5.56 Å². The highest BCUT2D eigenvalue weighted by Gasteiger charge is 2.23. The molecule has 216 valence electrons. The SMILES string of the molecule is C=CC1=C(C(C)=O)C=NC/C(N(C)C(=O)OC(C)(C)C)=C/C(Nc2cc(COC[C@@H](C)C=C)cc(Br)c2OC)=N1. The van der Waals surface area contributed by atoms with E-state index in [1.807, 2.05) is 25.1 Å². The summed E-state index contributed by atoms with van der Waals surface area (Å²) in [5, 5.41) is 3.30. The van der Waals surface area contributed by atoms with Gasteiger partial charge < -0.3 is 19.5 Å². The number of ether oxygens (including phenoxy) is 3. The first kappa shape index (κ1) is 32.7. The van der Waals surface area contributed by atoms with Crippen LogP contribution in [-0.4, -0.2) is 61.7 Å². The molecule has 0 unspecified atom stereocenters. The number of amides is 1. The minimum atomic E-state index is -0.687. The highest BCUT2D eigenvalue weighted by molar-refractivity contribution is 9.10. The predicted molar refractivity (Wildman–Crippen MR) is 164 cm³/mol. The van der Waals surface area contributed by atoms with E-state index in [1.54, 1.807) is 41.0 Å². The van der Waals surface area contributed by atoms with Gasteiger partial charge in [-0.3, -0.25) is 14.7 Å². The van der Waals surface area contributed by atoms with Crippen LogP contribution < -0.4 is 10.1 Å². The maximum atomic E-state index is 12.9. The van der Waals surface area contributed by atoms with Gasteiger partial charge in [0.1, 0.15) is 11.4 Å². The summed E-state index contributed by atoms with van der Waals surface area (Å²) in [7, 11) is 3.16. The van der Waals surface area contributed by atoms with Crippen molar-refractivity contribution in [1.29, 1.82) is 0 Å². The number of rotatable bonds is 10. The largest absolute Gasteiger partial charge is 0.493 e. The number of halogens is 1. The number of allylic oxidation sites excluding steroid dienone is 2. The molecular formula is C30H39BrN4O5. The van der Waals surface area contributed by atoms with Crippen LogP contribution in [0.15, 0.2) is 74.9 Å². The van der Waals surface area contributed by atoms with Gasteiger partial charge in [-0.25, -0.2) is 9.79 Å². The fourth-order valence-electron chi connectivity index (χ4n) is 3.47. The average molecular weight is 616 g/mol. The average Bonchev–Trinajstić information content (AvgIpc) is 2.95. The lowest BCUT2D eigenvalue weighted by Gasteiger charge is -2.26. The highest BCUT2D eigenvalue weighted by Crippen LogP contribution is 2.35. The van der Waals surface area contributed by atoms with E-state index < -0.39 is 11.7 Å². The number of ketones is 1. The van der Waals surface area contributed by atoms with Gasteiger partial charge in [0.05, 0.1) is 48.3 Å². The van der Waals surface area contributed by atoms with E-state index in [2.05, 4.69) is 39.4 Å². The summed E-state index contributed by atoms with van der Waals surface area (Å²) in [4.78, 5) is 35.8. The number of nitrogens with zero attached hydrogens (tertiary/aromatic N) is 3. The third-order valence-electron chi connectivity index (χ3n) is 5.59. The van der Waals surface area contributed by atoms with Crippen LogP contribution in [0.25, 0.3) is 0 Å². The van der Waals surface area contributed by atoms with E-state index >= 15 is 0 Å². The van der Waals surface area contributed by atoms with Gasteiger partial charge in [-0.1, -0.05) is 19.6 Å². The first-order chi connectivity index (χ1) is 18.8. The quantitative estimate of drug-likeness (QED) is 0.303. The summed E-state index contributed by atoms with van der Waals surface area (Å²) < 4.78 is 17.8. The van der Waals surface area contributed by atoms with E-state index in [1.165, 1.54) is 24.1 Å². The molecule has 1 heterocycles. The number of likely N-dealkylation sites (N-methyl/N-ethyl adjacent to an activating group) is 1. The Kier molecular flexibility index (Phi) is 12.1. The Labute approximate surface area is 245 Å². The number of nitrogens with one attached hydrogen (secondary N) is 1. The number of benzene rings is 1. The maximum Gasteiger partial charge on any atom is 0.414 e. The number of aliphatic imine (C=N–C) groups is 2. The lowest BCUT2D eigenvalue weighted by Crippen LogP contribution is -2.35. The molecule has 1 aromatic carbocycles. The third kappa shape index (κ3) is 9.60. The number of hydrogen-bond donors (Lipinski definition) is 1. The minimum absolute atomic E-state index is 0.0911. The smallest absolute Gasteiger partial charge is 0.414 e. The van der Waals surface area contributed by atoms with Crippen molar-refractivity contribution in [3.63, 3.8) is 0 Å². The molecule has 1 aliphatic rings. The van der Waals surface area contributed by atoms with Crippen molar-refractivity contribution in [3.05, 3.63) is 70.5 Å². The van der Waals surface area contributed by atoms with Crippen molar-refractivity contribution in [2.24, 2.45) is 15.9 Å². The molecule has 1 aliphatic heterocycles. The van der Waals surface area contributed by atoms with Crippen LogP contribution in [0.3, 0.4) is 0 Å². The van der Waals surface area contributed by atoms with Crippen LogP contribution in [0.4, 0.5) is 10.5 Å². The topological polar surface area (TPSA) is 102 Å². The molecule has 0 saturated carbocycles. The molecule has 0 fully saturated rings. The summed E-state index contributed by atoms with van der Waals surface area (Å²) in [6.45, 7) is 17.5. The van der Waals surface area contributed by atoms with Crippen LogP contribution in [0.5, 0.6) is 5.75 Å². The van der Waals surface area contributed by atoms with Crippen molar-refractivity contribution >= 4 is 45.5 Å². The Morgan fingerprint density at radius 2 is 1.98 bits per heavy atom. The van der Waals surface area contributed by atoms with Crippen LogP contribution in [-0.2, 0) is 20.9 Å². The zero-order chi connectivity index (χ0) is 30.0. The number of hydrogen-bond acceptors (Lipinski definition) is 8. The lowest BCUT2D eigenvalue weighted by atomic mass is 10.1. The first-order valence-corrected chi connectivity index (χ1v) is 13.6. The number of amidine groups is 1. The van der Waals surface area contributed by atoms with Crippen LogP contribution in [0.1, 0.15) is 40.2 Å². The zero-order valence-electron chi connectivity index (χ0n) is 24.3. The van der Waals surface area contributed by atoms with Crippen LogP contribution in [0, 0.1) is 5.92 Å². The standard InChI is InChI=1S/C30H39BrN4O5/c1-10-19(3)17-39-18-21-12-24(31)28(38-9)26(13-21)34-27-14-22(35(8)29(37)40-30(5,6)7)15-32-16-23(20(4)36)25(11-2)33-27/h10-14,16,19H,1-2,15,17-18H2,3-9H3,(H,33,34)/b22-14-,25-23?,32-16?/t19-/m0/s1. The molecule has 10 heteroatoms. The van der Waals surface area contributed by atoms with Gasteiger partial charge in [0, 0.05) is 25.0 Å². The molecule has 1 atom stereocenters. The summed E-state index contributed by atoms with van der Waals surface area (Å²) in [5.41, 5.74) is 1.89. The van der Waals surface area contributed by atoms with Crippen molar-refractivity contribution in [3.8, 4) is 5.75 Å². The molecule has 2 rings (SSSR count). The molecule has 0 spiro atoms. The number of carbonyl (C=O) groups excluding carboxylic acids is 2. The Balaban J connectivity index is 2.60. The maximum absolute atomic E-state index is 12.9. The Hall–Kier alpha value is -3.50. The van der Waals surface area contributed by atoms with Gasteiger partial charge in [-0.15, -0.1) is 6.58 Å². The molecular weight excluding hydrogens is 576 g/mol. The van der Waals surface area contributed by atoms with E-state index in [4.69, 9.17) is 19.2 Å². The molecule has 0 radical (unpaired) electrons. The first-order valence-electron chi connectivity index (χ1n) is 12.8. The van der Waals surface area contributed by atoms with Gasteiger partial charge in [-0.05, 0) is 73.3 Å². The second-order valence-electron chi connectivity index (χ2n) is 10.2. The second kappa shape index (κ2) is 14.8. The van der Waals surface area contributed by atoms with Gasteiger partial charge in [0.15, 0.2) is 11.5 Å². The monoisotopic (exact) mass is 614 g/mol. The molecule has 1 N–H and O–H groups in total. The third-order valence-corrected chi connectivity index (χ3v) is 6.18. The lowest BCUT2D eigenvalue weighted by molar-refractivity contribution is -0.113. The number of Topliss-reactive ketones (excluding diaryl/α,β-unsaturated/α-hetero) is 1. The van der Waals surface area contributed by atoms with Crippen LogP contribution in [0.2, 0.25) is 0 Å². The molecule has 1 aromatic rings. The Morgan fingerprint density at radius 3 is 2.55 bits per heavy atom. The molecule has 0 saturated heterocycles. The van der Waals surface area contributed by atoms with Gasteiger partial charge in [-0.2, -0.15) is 0 Å². The predicted octanol–water partition coefficient (Wildman–Crippen LogP) is 6.47. The van der Waals surface area contributed by atoms with Crippen LogP contribution >= 0.6 is 15.9 Å². The molecule has 1 amide bonds. The minimum Gasteiger partial charge on any atom is -0.493 e. The van der Waals surface area contributed by atoms with Crippen molar-refractivity contribution in [1.82, 2.24) is 4.90 Å². The Morgan fingerprint density at radius 1 is 1.27 bits per heavy atom. The molecule has 40 heavy (non-hydrogen) atoms. The normalized spacial score (nSPS) is 15.9. The van der Waals surface area contributed by atoms with Gasteiger partial charge in [0.2, 0.25) is 0 Å². The van der Waals surface area contributed by atoms with Crippen molar-refractivity contribution in [2.45, 2.75) is 46.8 Å². The van der Waals surface area contributed by atoms with E-state index in [0.29, 0.717) is 46.4 Å². The summed E-state index contributed by atoms with van der Waals surface area (Å²) in [6.07, 6.45) is 5.90. The molecule has 9 nitrogen and oxygen atoms in total. The van der Waals surface area contributed by atoms with E-state index in [-0.39, 0.29) is 23.8 Å². The zero-order valence-corrected chi connectivity index (χ0v) is 25.9. The fourth-order valence-corrected chi connectivity index (χ4v) is 4.14. The summed E-state index contributed by atoms with van der Waals surface area (Å²) in [6, 6.07) is 3.81. The molecule has 0 aliphatic carbocycles. The summed E-state index contributed by atoms with van der Waals surface area (Å²) in [5.74, 6) is 0.861. The number of carbonyl (C=O) groups is 2. The summed E-state index contributed by atoms with van der Waals surface area (Å²) >= 11 is 3.58. The van der Waals surface area contributed by atoms with Gasteiger partial charge >= 0.3 is 6.09 Å². The van der Waals surface area contributed by atoms with Crippen molar-refractivity contribution in [2.75, 3.05) is 32.6 Å². The van der Waals surface area contributed by atoms with Crippen molar-refractivity contribution < 1.29 is 23.8 Å². The van der Waals surface area contributed by atoms with Gasteiger partial charge in [0.25, 0.3) is 0 Å². The second-order valence-corrected chi connectivity index (χ2v) is 11.1. The molecule has 0 bridgehead atoms. The Bertz CT molecular complexity index is 1260.